The van der Waals surface area contributed by atoms with Crippen LogP contribution in [0.5, 0.6) is 5.75 Å². The Labute approximate surface area is 127 Å². The summed E-state index contributed by atoms with van der Waals surface area (Å²) in [7, 11) is 0. The van der Waals surface area contributed by atoms with E-state index in [0.29, 0.717) is 36.6 Å². The molecule has 0 aromatic heterocycles. The van der Waals surface area contributed by atoms with Gasteiger partial charge in [-0.15, -0.1) is 11.6 Å². The number of hydrogen-bond acceptors (Lipinski definition) is 2. The highest BCUT2D eigenvalue weighted by Gasteiger charge is 2.19. The van der Waals surface area contributed by atoms with Gasteiger partial charge < -0.3 is 4.74 Å². The quantitative estimate of drug-likeness (QED) is 0.524. The topological polar surface area (TPSA) is 26.3 Å². The maximum Gasteiger partial charge on any atom is 0.166 e. The fourth-order valence-corrected chi connectivity index (χ4v) is 2.05. The smallest absolute Gasteiger partial charge is 0.166 e. The number of alkyl halides is 1. The Morgan fingerprint density at radius 2 is 2.00 bits per heavy atom. The summed E-state index contributed by atoms with van der Waals surface area (Å²) in [6, 6.07) is 5.94. The summed E-state index contributed by atoms with van der Waals surface area (Å²) in [5.41, 5.74) is 1.86. The molecular formula is C17H25ClO2. The Morgan fingerprint density at radius 3 is 2.55 bits per heavy atom. The lowest BCUT2D eigenvalue weighted by atomic mass is 9.85. The molecule has 0 spiro atoms. The summed E-state index contributed by atoms with van der Waals surface area (Å²) in [4.78, 5) is 12.3. The van der Waals surface area contributed by atoms with Gasteiger partial charge in [0.25, 0.3) is 0 Å². The largest absolute Gasteiger partial charge is 0.493 e. The second kappa shape index (κ2) is 7.68. The molecule has 0 atom stereocenters. The predicted octanol–water partition coefficient (Wildman–Crippen LogP) is 4.97. The Morgan fingerprint density at radius 1 is 1.30 bits per heavy atom. The van der Waals surface area contributed by atoms with Crippen molar-refractivity contribution < 1.29 is 9.53 Å². The van der Waals surface area contributed by atoms with Crippen molar-refractivity contribution >= 4 is 17.4 Å². The lowest BCUT2D eigenvalue weighted by molar-refractivity contribution is 0.0978. The van der Waals surface area contributed by atoms with Gasteiger partial charge in [-0.1, -0.05) is 33.8 Å². The van der Waals surface area contributed by atoms with Crippen LogP contribution < -0.4 is 4.74 Å². The summed E-state index contributed by atoms with van der Waals surface area (Å²) < 4.78 is 5.70. The number of Topliss-reactive ketones (excluding diaryl/α,β-unsaturated/α-hetero) is 1. The first-order valence-corrected chi connectivity index (χ1v) is 7.80. The number of halogens is 1. The zero-order valence-corrected chi connectivity index (χ0v) is 13.7. The van der Waals surface area contributed by atoms with Crippen molar-refractivity contribution in [1.29, 1.82) is 0 Å². The third-order valence-electron chi connectivity index (χ3n) is 3.15. The number of ketones is 1. The molecule has 2 nitrogen and oxygen atoms in total. The molecule has 1 aromatic carbocycles. The minimum absolute atomic E-state index is 0.0187. The van der Waals surface area contributed by atoms with E-state index in [4.69, 9.17) is 16.3 Å². The molecule has 20 heavy (non-hydrogen) atoms. The molecule has 112 valence electrons. The van der Waals surface area contributed by atoms with Crippen LogP contribution in [0, 0.1) is 0 Å². The standard InChI is InChI=1S/C17H25ClO2/c1-5-11-20-16-9-8-13(17(2,3)4)12-14(16)15(19)7-6-10-18/h8-9,12H,5-7,10-11H2,1-4H3. The van der Waals surface area contributed by atoms with E-state index in [1.54, 1.807) is 0 Å². The summed E-state index contributed by atoms with van der Waals surface area (Å²) >= 11 is 5.68. The van der Waals surface area contributed by atoms with Crippen molar-refractivity contribution in [3.05, 3.63) is 29.3 Å². The average Bonchev–Trinajstić information content (AvgIpc) is 2.41. The van der Waals surface area contributed by atoms with E-state index in [9.17, 15) is 4.79 Å². The van der Waals surface area contributed by atoms with E-state index < -0.39 is 0 Å². The molecule has 0 saturated carbocycles. The highest BCUT2D eigenvalue weighted by Crippen LogP contribution is 2.29. The molecule has 0 fully saturated rings. The van der Waals surface area contributed by atoms with Gasteiger partial charge in [0, 0.05) is 12.3 Å². The number of carbonyl (C=O) groups excluding carboxylic acids is 1. The molecule has 0 N–H and O–H groups in total. The number of hydrogen-bond donors (Lipinski definition) is 0. The van der Waals surface area contributed by atoms with Gasteiger partial charge in [-0.05, 0) is 36.0 Å². The maximum absolute atomic E-state index is 12.3. The number of rotatable bonds is 7. The molecule has 1 rings (SSSR count). The number of carbonyl (C=O) groups is 1. The first-order chi connectivity index (χ1) is 9.40. The highest BCUT2D eigenvalue weighted by molar-refractivity contribution is 6.18. The molecule has 1 aromatic rings. The normalized spacial score (nSPS) is 11.4. The van der Waals surface area contributed by atoms with Crippen molar-refractivity contribution in [2.24, 2.45) is 0 Å². The molecule has 0 saturated heterocycles. The van der Waals surface area contributed by atoms with Gasteiger partial charge in [-0.3, -0.25) is 4.79 Å². The molecule has 0 aliphatic rings. The lowest BCUT2D eigenvalue weighted by Crippen LogP contribution is -2.13. The number of benzene rings is 1. The van der Waals surface area contributed by atoms with Crippen LogP contribution in [0.3, 0.4) is 0 Å². The number of ether oxygens (including phenoxy) is 1. The second-order valence-electron chi connectivity index (χ2n) is 6.03. The third kappa shape index (κ3) is 4.82. The zero-order chi connectivity index (χ0) is 15.2. The van der Waals surface area contributed by atoms with Crippen LogP contribution in [0.4, 0.5) is 0 Å². The predicted molar refractivity (Wildman–Crippen MR) is 85.2 cm³/mol. The van der Waals surface area contributed by atoms with Gasteiger partial charge >= 0.3 is 0 Å². The monoisotopic (exact) mass is 296 g/mol. The third-order valence-corrected chi connectivity index (χ3v) is 3.41. The molecular weight excluding hydrogens is 272 g/mol. The lowest BCUT2D eigenvalue weighted by Gasteiger charge is -2.21. The Kier molecular flexibility index (Phi) is 6.54. The van der Waals surface area contributed by atoms with Crippen LogP contribution in [0.2, 0.25) is 0 Å². The van der Waals surface area contributed by atoms with Gasteiger partial charge in [0.2, 0.25) is 0 Å². The van der Waals surface area contributed by atoms with Crippen LogP contribution in [0.25, 0.3) is 0 Å². The maximum atomic E-state index is 12.3. The highest BCUT2D eigenvalue weighted by atomic mass is 35.5. The van der Waals surface area contributed by atoms with Crippen molar-refractivity contribution in [2.45, 2.75) is 52.4 Å². The Bertz CT molecular complexity index is 447. The minimum Gasteiger partial charge on any atom is -0.493 e. The van der Waals surface area contributed by atoms with Gasteiger partial charge in [-0.2, -0.15) is 0 Å². The van der Waals surface area contributed by atoms with Crippen molar-refractivity contribution in [2.75, 3.05) is 12.5 Å². The summed E-state index contributed by atoms with van der Waals surface area (Å²) in [6.45, 7) is 9.11. The van der Waals surface area contributed by atoms with Crippen LogP contribution >= 0.6 is 11.6 Å². The van der Waals surface area contributed by atoms with Crippen LogP contribution in [-0.4, -0.2) is 18.3 Å². The van der Waals surface area contributed by atoms with E-state index >= 15 is 0 Å². The Hall–Kier alpha value is -1.02. The molecule has 0 aliphatic carbocycles. The van der Waals surface area contributed by atoms with Crippen molar-refractivity contribution in [1.82, 2.24) is 0 Å². The van der Waals surface area contributed by atoms with E-state index in [1.165, 1.54) is 0 Å². The SMILES string of the molecule is CCCOc1ccc(C(C)(C)C)cc1C(=O)CCCCl. The zero-order valence-electron chi connectivity index (χ0n) is 13.0. The summed E-state index contributed by atoms with van der Waals surface area (Å²) in [5, 5.41) is 0. The average molecular weight is 297 g/mol. The fourth-order valence-electron chi connectivity index (χ4n) is 1.91. The van der Waals surface area contributed by atoms with E-state index in [-0.39, 0.29) is 11.2 Å². The molecule has 0 heterocycles. The first-order valence-electron chi connectivity index (χ1n) is 7.26. The van der Waals surface area contributed by atoms with Crippen molar-refractivity contribution in [3.63, 3.8) is 0 Å². The molecule has 0 radical (unpaired) electrons. The summed E-state index contributed by atoms with van der Waals surface area (Å²) in [6.07, 6.45) is 2.10. The van der Waals surface area contributed by atoms with Gasteiger partial charge in [0.05, 0.1) is 12.2 Å². The minimum atomic E-state index is 0.0187. The van der Waals surface area contributed by atoms with Crippen LogP contribution in [-0.2, 0) is 5.41 Å². The Balaban J connectivity index is 3.08. The second-order valence-corrected chi connectivity index (χ2v) is 6.40. The van der Waals surface area contributed by atoms with E-state index in [1.807, 2.05) is 18.2 Å². The summed E-state index contributed by atoms with van der Waals surface area (Å²) in [5.74, 6) is 1.32. The van der Waals surface area contributed by atoms with Gasteiger partial charge in [0.1, 0.15) is 5.75 Å². The van der Waals surface area contributed by atoms with Gasteiger partial charge in [-0.25, -0.2) is 0 Å². The van der Waals surface area contributed by atoms with Crippen LogP contribution in [0.15, 0.2) is 18.2 Å². The van der Waals surface area contributed by atoms with Gasteiger partial charge in [0.15, 0.2) is 5.78 Å². The molecule has 0 unspecified atom stereocenters. The molecule has 0 bridgehead atoms. The van der Waals surface area contributed by atoms with Crippen LogP contribution in [0.1, 0.15) is 62.9 Å². The fraction of sp³-hybridized carbons (Fsp3) is 0.588. The molecule has 0 aliphatic heterocycles. The molecule has 0 amide bonds. The van der Waals surface area contributed by atoms with E-state index in [2.05, 4.69) is 27.7 Å². The van der Waals surface area contributed by atoms with Crippen molar-refractivity contribution in [3.8, 4) is 5.75 Å². The van der Waals surface area contributed by atoms with E-state index in [0.717, 1.165) is 12.0 Å². The first kappa shape index (κ1) is 17.0. The molecule has 3 heteroatoms.